The second kappa shape index (κ2) is 8.24. The van der Waals surface area contributed by atoms with E-state index in [1.165, 1.54) is 6.92 Å². The summed E-state index contributed by atoms with van der Waals surface area (Å²) < 4.78 is 10.2. The summed E-state index contributed by atoms with van der Waals surface area (Å²) in [6.45, 7) is 0.527. The summed E-state index contributed by atoms with van der Waals surface area (Å²) in [5.41, 5.74) is 0. The molecule has 1 saturated heterocycles. The number of carbonyl (C=O) groups excluding carboxylic acids is 1. The first kappa shape index (κ1) is 19.4. The molecule has 1 fully saturated rings. The third-order valence-corrected chi connectivity index (χ3v) is 3.44. The number of aliphatic hydroxyl groups is 7. The fourth-order valence-corrected chi connectivity index (χ4v) is 2.09. The Kier molecular flexibility index (Phi) is 7.25. The van der Waals surface area contributed by atoms with E-state index in [1.807, 2.05) is 0 Å². The Hall–Kier alpha value is -0.690. The molecule has 0 unspecified atom stereocenters. The van der Waals surface area contributed by atoms with Gasteiger partial charge in [0.15, 0.2) is 12.6 Å². The van der Waals surface area contributed by atoms with Crippen LogP contribution in [0.3, 0.4) is 0 Å². The lowest BCUT2D eigenvalue weighted by molar-refractivity contribution is -0.324. The topological polar surface area (TPSA) is 177 Å². The summed E-state index contributed by atoms with van der Waals surface area (Å²) in [7, 11) is 0. The average Bonchev–Trinajstić information content (AvgIpc) is 2.50. The van der Waals surface area contributed by atoms with Crippen LogP contribution in [0.25, 0.3) is 0 Å². The summed E-state index contributed by atoms with van der Waals surface area (Å²) in [6, 6.07) is 0. The molecular formula is C12H22O10. The molecule has 10 heteroatoms. The molecular weight excluding hydrogens is 304 g/mol. The Morgan fingerprint density at radius 3 is 2.18 bits per heavy atom. The van der Waals surface area contributed by atoms with Crippen LogP contribution in [0.15, 0.2) is 0 Å². The van der Waals surface area contributed by atoms with Crippen LogP contribution in [0.1, 0.15) is 6.92 Å². The van der Waals surface area contributed by atoms with Gasteiger partial charge in [-0.25, -0.2) is 0 Å². The van der Waals surface area contributed by atoms with Gasteiger partial charge in [0.1, 0.15) is 42.7 Å². The highest BCUT2D eigenvalue weighted by Crippen LogP contribution is 2.24. The molecule has 9 atom stereocenters. The largest absolute Gasteiger partial charge is 0.394 e. The first-order chi connectivity index (χ1) is 10.2. The van der Waals surface area contributed by atoms with Gasteiger partial charge in [0, 0.05) is 0 Å². The van der Waals surface area contributed by atoms with Gasteiger partial charge >= 0.3 is 0 Å². The second-order valence-corrected chi connectivity index (χ2v) is 5.16. The Morgan fingerprint density at radius 1 is 1.14 bits per heavy atom. The Balaban J connectivity index is 2.85. The monoisotopic (exact) mass is 326 g/mol. The maximum atomic E-state index is 10.5. The number of hydrogen-bond acceptors (Lipinski definition) is 10. The molecule has 10 nitrogen and oxygen atoms in total. The zero-order valence-electron chi connectivity index (χ0n) is 11.8. The first-order valence-electron chi connectivity index (χ1n) is 6.70. The average molecular weight is 326 g/mol. The van der Waals surface area contributed by atoms with E-state index >= 15 is 0 Å². The van der Waals surface area contributed by atoms with Crippen LogP contribution in [0.2, 0.25) is 0 Å². The van der Waals surface area contributed by atoms with E-state index in [2.05, 4.69) is 0 Å². The zero-order chi connectivity index (χ0) is 17.0. The van der Waals surface area contributed by atoms with Crippen LogP contribution < -0.4 is 0 Å². The van der Waals surface area contributed by atoms with E-state index in [1.54, 1.807) is 0 Å². The van der Waals surface area contributed by atoms with E-state index < -0.39 is 61.7 Å². The molecule has 0 saturated carbocycles. The molecule has 0 aromatic heterocycles. The molecule has 1 rings (SSSR count). The van der Waals surface area contributed by atoms with Crippen molar-refractivity contribution in [2.24, 2.45) is 0 Å². The number of hydrogen-bond donors (Lipinski definition) is 7. The lowest BCUT2D eigenvalue weighted by atomic mass is 9.98. The van der Waals surface area contributed by atoms with Crippen LogP contribution in [-0.2, 0) is 14.3 Å². The van der Waals surface area contributed by atoms with Gasteiger partial charge in [-0.05, 0) is 6.92 Å². The van der Waals surface area contributed by atoms with Crippen molar-refractivity contribution in [2.75, 3.05) is 6.61 Å². The SMILES string of the molecule is C[C@H](O)[C@H](O[C@H]1O[C@H](CO)[C@@H](O)[C@H](O)[C@@H]1O)[C@@H](O)[C@@H](O)C=O. The van der Waals surface area contributed by atoms with E-state index in [0.29, 0.717) is 0 Å². The number of aliphatic hydroxyl groups excluding tert-OH is 7. The fourth-order valence-electron chi connectivity index (χ4n) is 2.09. The smallest absolute Gasteiger partial charge is 0.187 e. The molecule has 1 heterocycles. The van der Waals surface area contributed by atoms with E-state index in [9.17, 15) is 35.4 Å². The Morgan fingerprint density at radius 2 is 1.73 bits per heavy atom. The maximum Gasteiger partial charge on any atom is 0.187 e. The van der Waals surface area contributed by atoms with E-state index in [-0.39, 0.29) is 6.29 Å². The van der Waals surface area contributed by atoms with Gasteiger partial charge in [-0.1, -0.05) is 0 Å². The molecule has 7 N–H and O–H groups in total. The van der Waals surface area contributed by atoms with Crippen molar-refractivity contribution in [1.29, 1.82) is 0 Å². The Labute approximate surface area is 126 Å². The van der Waals surface area contributed by atoms with Crippen molar-refractivity contribution in [3.63, 3.8) is 0 Å². The van der Waals surface area contributed by atoms with Crippen molar-refractivity contribution in [1.82, 2.24) is 0 Å². The molecule has 22 heavy (non-hydrogen) atoms. The molecule has 0 bridgehead atoms. The molecule has 0 amide bonds. The molecule has 0 aliphatic carbocycles. The van der Waals surface area contributed by atoms with Gasteiger partial charge in [0.05, 0.1) is 12.7 Å². The molecule has 0 aromatic carbocycles. The molecule has 0 spiro atoms. The zero-order valence-corrected chi connectivity index (χ0v) is 11.8. The molecule has 130 valence electrons. The lowest BCUT2D eigenvalue weighted by Crippen LogP contribution is -2.61. The van der Waals surface area contributed by atoms with Gasteiger partial charge in [-0.15, -0.1) is 0 Å². The fraction of sp³-hybridized carbons (Fsp3) is 0.917. The number of ether oxygens (including phenoxy) is 2. The highest BCUT2D eigenvalue weighted by molar-refractivity contribution is 5.56. The van der Waals surface area contributed by atoms with E-state index in [4.69, 9.17) is 14.6 Å². The van der Waals surface area contributed by atoms with Crippen molar-refractivity contribution in [3.8, 4) is 0 Å². The van der Waals surface area contributed by atoms with Crippen molar-refractivity contribution in [3.05, 3.63) is 0 Å². The Bertz CT molecular complexity index is 349. The normalized spacial score (nSPS) is 38.1. The number of aldehydes is 1. The van der Waals surface area contributed by atoms with Crippen molar-refractivity contribution in [2.45, 2.75) is 62.0 Å². The minimum Gasteiger partial charge on any atom is -0.394 e. The predicted octanol–water partition coefficient (Wildman–Crippen LogP) is -4.53. The van der Waals surface area contributed by atoms with Crippen molar-refractivity contribution < 1.29 is 50.0 Å². The van der Waals surface area contributed by atoms with Gasteiger partial charge in [0.2, 0.25) is 0 Å². The van der Waals surface area contributed by atoms with Crippen molar-refractivity contribution >= 4 is 6.29 Å². The third-order valence-electron chi connectivity index (χ3n) is 3.44. The van der Waals surface area contributed by atoms with Gasteiger partial charge < -0.3 is 50.0 Å². The van der Waals surface area contributed by atoms with Crippen LogP contribution in [0.5, 0.6) is 0 Å². The third kappa shape index (κ3) is 4.19. The second-order valence-electron chi connectivity index (χ2n) is 5.16. The van der Waals surface area contributed by atoms with Gasteiger partial charge in [0.25, 0.3) is 0 Å². The van der Waals surface area contributed by atoms with Gasteiger partial charge in [-0.2, -0.15) is 0 Å². The van der Waals surface area contributed by atoms with Crippen LogP contribution in [0.4, 0.5) is 0 Å². The molecule has 0 aromatic rings. The molecule has 1 aliphatic rings. The minimum atomic E-state index is -1.84. The summed E-state index contributed by atoms with van der Waals surface area (Å²) in [6.07, 6.45) is -14.4. The lowest BCUT2D eigenvalue weighted by Gasteiger charge is -2.41. The summed E-state index contributed by atoms with van der Waals surface area (Å²) in [5, 5.41) is 66.7. The maximum absolute atomic E-state index is 10.5. The van der Waals surface area contributed by atoms with Crippen LogP contribution >= 0.6 is 0 Å². The first-order valence-corrected chi connectivity index (χ1v) is 6.70. The summed E-state index contributed by atoms with van der Waals surface area (Å²) >= 11 is 0. The number of rotatable bonds is 7. The standard InChI is InChI=1S/C12H22O10/c1-4(15)11(7(17)5(16)2-13)22-12-10(20)9(19)8(18)6(3-14)21-12/h2,4-12,14-20H,3H2,1H3/t4-,5-,6+,7-,8+,9-,10-,11-,12+/m0/s1. The van der Waals surface area contributed by atoms with Crippen LogP contribution in [0, 0.1) is 0 Å². The van der Waals surface area contributed by atoms with Crippen LogP contribution in [-0.4, -0.2) is 104 Å². The highest BCUT2D eigenvalue weighted by atomic mass is 16.7. The van der Waals surface area contributed by atoms with E-state index in [0.717, 1.165) is 0 Å². The predicted molar refractivity (Wildman–Crippen MR) is 68.4 cm³/mol. The quantitative estimate of drug-likeness (QED) is 0.225. The van der Waals surface area contributed by atoms with Gasteiger partial charge in [-0.3, -0.25) is 0 Å². The summed E-state index contributed by atoms with van der Waals surface area (Å²) in [5.74, 6) is 0. The summed E-state index contributed by atoms with van der Waals surface area (Å²) in [4.78, 5) is 10.5. The molecule has 0 radical (unpaired) electrons. The highest BCUT2D eigenvalue weighted by Gasteiger charge is 2.46. The number of carbonyl (C=O) groups is 1. The minimum absolute atomic E-state index is 0.0384. The molecule has 1 aliphatic heterocycles.